The van der Waals surface area contributed by atoms with E-state index in [1.54, 1.807) is 11.8 Å². The van der Waals surface area contributed by atoms with Crippen molar-refractivity contribution in [2.45, 2.75) is 23.6 Å². The van der Waals surface area contributed by atoms with E-state index < -0.39 is 0 Å². The van der Waals surface area contributed by atoms with Crippen molar-refractivity contribution in [1.82, 2.24) is 9.78 Å². The second kappa shape index (κ2) is 7.53. The van der Waals surface area contributed by atoms with Crippen LogP contribution in [0.2, 0.25) is 0 Å². The molecule has 0 amide bonds. The number of carbonyl (C=O) groups excluding carboxylic acids is 1. The molecule has 0 bridgehead atoms. The molecule has 3 aromatic rings. The summed E-state index contributed by atoms with van der Waals surface area (Å²) in [7, 11) is 0. The first kappa shape index (κ1) is 17.2. The molecule has 0 spiro atoms. The largest absolute Gasteiger partial charge is 0.484 e. The summed E-state index contributed by atoms with van der Waals surface area (Å²) in [5.41, 5.74) is 1.57. The van der Waals surface area contributed by atoms with Crippen LogP contribution in [0.15, 0.2) is 64.4 Å². The Morgan fingerprint density at radius 2 is 1.80 bits per heavy atom. The van der Waals surface area contributed by atoms with E-state index in [2.05, 4.69) is 5.10 Å². The van der Waals surface area contributed by atoms with Crippen LogP contribution in [-0.2, 0) is 0 Å². The van der Waals surface area contributed by atoms with Crippen molar-refractivity contribution in [2.75, 3.05) is 6.61 Å². The van der Waals surface area contributed by atoms with Crippen LogP contribution >= 0.6 is 11.8 Å². The lowest BCUT2D eigenvalue weighted by Gasteiger charge is -2.07. The van der Waals surface area contributed by atoms with Gasteiger partial charge in [0.2, 0.25) is 0 Å². The third-order valence-corrected chi connectivity index (χ3v) is 4.90. The molecule has 0 aliphatic carbocycles. The van der Waals surface area contributed by atoms with Gasteiger partial charge >= 0.3 is 0 Å². The van der Waals surface area contributed by atoms with Gasteiger partial charge in [-0.05, 0) is 50.2 Å². The zero-order valence-electron chi connectivity index (χ0n) is 13.9. The van der Waals surface area contributed by atoms with E-state index in [1.165, 1.54) is 28.9 Å². The van der Waals surface area contributed by atoms with Crippen LogP contribution < -0.4 is 4.74 Å². The molecule has 0 radical (unpaired) electrons. The highest BCUT2D eigenvalue weighted by atomic mass is 32.2. The molecule has 0 atom stereocenters. The minimum Gasteiger partial charge on any atom is -0.484 e. The lowest BCUT2D eigenvalue weighted by atomic mass is 10.3. The molecule has 0 saturated carbocycles. The first-order valence-electron chi connectivity index (χ1n) is 7.75. The molecule has 3 rings (SSSR count). The molecule has 128 valence electrons. The Morgan fingerprint density at radius 1 is 1.12 bits per heavy atom. The average molecular weight is 356 g/mol. The van der Waals surface area contributed by atoms with E-state index in [1.807, 2.05) is 44.2 Å². The summed E-state index contributed by atoms with van der Waals surface area (Å²) in [4.78, 5) is 14.5. The maximum Gasteiger partial charge on any atom is 0.285 e. The Kier molecular flexibility index (Phi) is 5.19. The highest BCUT2D eigenvalue weighted by molar-refractivity contribution is 7.99. The zero-order valence-corrected chi connectivity index (χ0v) is 14.7. The number of benzene rings is 2. The molecule has 0 saturated heterocycles. The predicted octanol–water partition coefficient (Wildman–Crippen LogP) is 4.51. The lowest BCUT2D eigenvalue weighted by molar-refractivity contribution is 0.0818. The van der Waals surface area contributed by atoms with Gasteiger partial charge in [-0.3, -0.25) is 4.79 Å². The maximum atomic E-state index is 12.9. The van der Waals surface area contributed by atoms with Gasteiger partial charge in [0.15, 0.2) is 6.61 Å². The highest BCUT2D eigenvalue weighted by Gasteiger charge is 2.18. The molecule has 0 aliphatic heterocycles. The molecule has 0 unspecified atom stereocenters. The zero-order chi connectivity index (χ0) is 17.8. The molecule has 0 aliphatic rings. The second-order valence-corrected chi connectivity index (χ2v) is 6.55. The van der Waals surface area contributed by atoms with Gasteiger partial charge in [0, 0.05) is 4.90 Å². The first-order chi connectivity index (χ1) is 12.0. The number of nitrogens with zero attached hydrogens (tertiary/aromatic N) is 2. The number of hydrogen-bond acceptors (Lipinski definition) is 4. The Labute approximate surface area is 149 Å². The van der Waals surface area contributed by atoms with Gasteiger partial charge in [0.25, 0.3) is 5.91 Å². The van der Waals surface area contributed by atoms with E-state index in [9.17, 15) is 9.18 Å². The predicted molar refractivity (Wildman–Crippen MR) is 94.8 cm³/mol. The van der Waals surface area contributed by atoms with Gasteiger partial charge < -0.3 is 4.74 Å². The van der Waals surface area contributed by atoms with Crippen molar-refractivity contribution >= 4 is 17.7 Å². The molecule has 0 fully saturated rings. The average Bonchev–Trinajstić information content (AvgIpc) is 2.90. The van der Waals surface area contributed by atoms with Crippen LogP contribution in [0.3, 0.4) is 0 Å². The quantitative estimate of drug-likeness (QED) is 0.675. The van der Waals surface area contributed by atoms with E-state index >= 15 is 0 Å². The topological polar surface area (TPSA) is 44.1 Å². The molecule has 2 aromatic carbocycles. The van der Waals surface area contributed by atoms with E-state index in [4.69, 9.17) is 4.74 Å². The summed E-state index contributed by atoms with van der Waals surface area (Å²) in [6.07, 6.45) is 0. The number of hydrogen-bond donors (Lipinski definition) is 0. The number of carbonyl (C=O) groups is 1. The van der Waals surface area contributed by atoms with Crippen LogP contribution in [0.4, 0.5) is 4.39 Å². The fourth-order valence-corrected chi connectivity index (χ4v) is 3.31. The summed E-state index contributed by atoms with van der Waals surface area (Å²) in [6, 6.07) is 15.5. The normalized spacial score (nSPS) is 10.7. The number of ether oxygens (including phenoxy) is 1. The molecule has 0 N–H and O–H groups in total. The van der Waals surface area contributed by atoms with Crippen molar-refractivity contribution in [3.8, 4) is 5.75 Å². The van der Waals surface area contributed by atoms with Crippen molar-refractivity contribution in [3.63, 3.8) is 0 Å². The van der Waals surface area contributed by atoms with Gasteiger partial charge in [-0.2, -0.15) is 5.10 Å². The van der Waals surface area contributed by atoms with Crippen molar-refractivity contribution < 1.29 is 13.9 Å². The summed E-state index contributed by atoms with van der Waals surface area (Å²) >= 11 is 1.58. The standard InChI is InChI=1S/C19H17FN2O2S/c1-13-19(25-17-6-4-3-5-7-17)14(2)22(21-13)18(23)12-24-16-10-8-15(20)9-11-16/h3-11H,12H2,1-2H3. The SMILES string of the molecule is Cc1nn(C(=O)COc2ccc(F)cc2)c(C)c1Sc1ccccc1. The Bertz CT molecular complexity index is 876. The minimum absolute atomic E-state index is 0.164. The third-order valence-electron chi connectivity index (χ3n) is 3.60. The van der Waals surface area contributed by atoms with Gasteiger partial charge in [0.05, 0.1) is 16.3 Å². The Hall–Kier alpha value is -2.60. The Morgan fingerprint density at radius 3 is 2.48 bits per heavy atom. The van der Waals surface area contributed by atoms with Gasteiger partial charge in [-0.1, -0.05) is 30.0 Å². The monoisotopic (exact) mass is 356 g/mol. The smallest absolute Gasteiger partial charge is 0.285 e. The van der Waals surface area contributed by atoms with Crippen LogP contribution in [0.5, 0.6) is 5.75 Å². The van der Waals surface area contributed by atoms with Crippen LogP contribution in [0.25, 0.3) is 0 Å². The van der Waals surface area contributed by atoms with Crippen LogP contribution in [0, 0.1) is 19.7 Å². The highest BCUT2D eigenvalue weighted by Crippen LogP contribution is 2.32. The first-order valence-corrected chi connectivity index (χ1v) is 8.57. The summed E-state index contributed by atoms with van der Waals surface area (Å²) in [5, 5.41) is 4.34. The lowest BCUT2D eigenvalue weighted by Crippen LogP contribution is -2.21. The molecule has 25 heavy (non-hydrogen) atoms. The van der Waals surface area contributed by atoms with Crippen LogP contribution in [-0.4, -0.2) is 22.3 Å². The van der Waals surface area contributed by atoms with E-state index in [0.717, 1.165) is 21.2 Å². The number of aryl methyl sites for hydroxylation is 1. The number of rotatable bonds is 5. The molecular formula is C19H17FN2O2S. The molecular weight excluding hydrogens is 339 g/mol. The third kappa shape index (κ3) is 4.09. The van der Waals surface area contributed by atoms with Gasteiger partial charge in [-0.15, -0.1) is 0 Å². The van der Waals surface area contributed by atoms with Crippen molar-refractivity contribution in [2.24, 2.45) is 0 Å². The van der Waals surface area contributed by atoms with E-state index in [-0.39, 0.29) is 18.3 Å². The summed E-state index contributed by atoms with van der Waals surface area (Å²) in [5.74, 6) is -0.181. The fourth-order valence-electron chi connectivity index (χ4n) is 2.36. The molecule has 4 nitrogen and oxygen atoms in total. The van der Waals surface area contributed by atoms with Crippen molar-refractivity contribution in [1.29, 1.82) is 0 Å². The Balaban J connectivity index is 1.72. The number of halogens is 1. The molecule has 1 heterocycles. The fraction of sp³-hybridized carbons (Fsp3) is 0.158. The minimum atomic E-state index is -0.347. The molecule has 6 heteroatoms. The van der Waals surface area contributed by atoms with E-state index in [0.29, 0.717) is 5.75 Å². The summed E-state index contributed by atoms with van der Waals surface area (Å²) in [6.45, 7) is 3.58. The van der Waals surface area contributed by atoms with Gasteiger partial charge in [-0.25, -0.2) is 9.07 Å². The molecule has 1 aromatic heterocycles. The maximum absolute atomic E-state index is 12.9. The van der Waals surface area contributed by atoms with Crippen molar-refractivity contribution in [3.05, 3.63) is 71.8 Å². The second-order valence-electron chi connectivity index (χ2n) is 5.46. The van der Waals surface area contributed by atoms with Gasteiger partial charge in [0.1, 0.15) is 11.6 Å². The summed E-state index contributed by atoms with van der Waals surface area (Å²) < 4.78 is 19.7. The van der Waals surface area contributed by atoms with Crippen LogP contribution in [0.1, 0.15) is 16.2 Å². The number of aromatic nitrogens is 2.